The second-order valence-electron chi connectivity index (χ2n) is 6.94. The third-order valence-electron chi connectivity index (χ3n) is 4.19. The third-order valence-corrected chi connectivity index (χ3v) is 4.19. The Bertz CT molecular complexity index is 896. The fraction of sp³-hybridized carbons (Fsp3) is 0.333. The predicted molar refractivity (Wildman–Crippen MR) is 112 cm³/mol. The average molecular weight is 415 g/mol. The zero-order chi connectivity index (χ0) is 22.1. The summed E-state index contributed by atoms with van der Waals surface area (Å²) in [6.07, 6.45) is 0.798. The van der Waals surface area contributed by atoms with Gasteiger partial charge in [0.05, 0.1) is 12.0 Å². The number of nitro benzene ring substituents is 1. The first-order chi connectivity index (χ1) is 14.3. The van der Waals surface area contributed by atoms with Crippen molar-refractivity contribution in [2.24, 2.45) is 5.92 Å². The van der Waals surface area contributed by atoms with Crippen molar-refractivity contribution >= 4 is 17.6 Å². The van der Waals surface area contributed by atoms with Crippen molar-refractivity contribution in [3.8, 4) is 22.6 Å². The molecule has 3 amide bonds. The van der Waals surface area contributed by atoms with Crippen LogP contribution in [0.15, 0.2) is 42.5 Å². The molecule has 0 atom stereocenters. The van der Waals surface area contributed by atoms with E-state index in [-0.39, 0.29) is 11.4 Å². The van der Waals surface area contributed by atoms with Gasteiger partial charge in [-0.15, -0.1) is 0 Å². The molecule has 0 aliphatic carbocycles. The molecule has 0 fully saturated rings. The first-order valence-corrected chi connectivity index (χ1v) is 9.43. The number of amides is 3. The van der Waals surface area contributed by atoms with Crippen LogP contribution in [-0.4, -0.2) is 37.1 Å². The number of carbonyl (C=O) groups is 2. The summed E-state index contributed by atoms with van der Waals surface area (Å²) in [5.74, 6) is 0.717. The van der Waals surface area contributed by atoms with Crippen LogP contribution in [0.3, 0.4) is 0 Å². The molecule has 2 aromatic carbocycles. The summed E-state index contributed by atoms with van der Waals surface area (Å²) < 4.78 is 10.7. The van der Waals surface area contributed by atoms with Gasteiger partial charge in [-0.05, 0) is 36.1 Å². The predicted octanol–water partition coefficient (Wildman–Crippen LogP) is 3.52. The fourth-order valence-corrected chi connectivity index (χ4v) is 2.58. The first kappa shape index (κ1) is 22.7. The maximum atomic E-state index is 12.0. The van der Waals surface area contributed by atoms with Gasteiger partial charge in [0.15, 0.2) is 6.61 Å². The lowest BCUT2D eigenvalue weighted by Gasteiger charge is -2.12. The first-order valence-electron chi connectivity index (χ1n) is 9.43. The van der Waals surface area contributed by atoms with E-state index in [1.165, 1.54) is 25.3 Å². The molecule has 0 saturated heterocycles. The van der Waals surface area contributed by atoms with Crippen LogP contribution in [0.5, 0.6) is 11.5 Å². The lowest BCUT2D eigenvalue weighted by Crippen LogP contribution is -2.42. The number of nitrogens with zero attached hydrogens (tertiary/aromatic N) is 1. The smallest absolute Gasteiger partial charge is 0.321 e. The summed E-state index contributed by atoms with van der Waals surface area (Å²) in [6, 6.07) is 10.4. The van der Waals surface area contributed by atoms with Crippen LogP contribution in [0.25, 0.3) is 11.1 Å². The van der Waals surface area contributed by atoms with E-state index in [0.717, 1.165) is 6.42 Å². The van der Waals surface area contributed by atoms with Gasteiger partial charge in [-0.1, -0.05) is 26.0 Å². The summed E-state index contributed by atoms with van der Waals surface area (Å²) in [6.45, 7) is 4.10. The number of urea groups is 1. The molecule has 30 heavy (non-hydrogen) atoms. The monoisotopic (exact) mass is 415 g/mol. The second kappa shape index (κ2) is 10.8. The number of rotatable bonds is 9. The van der Waals surface area contributed by atoms with Crippen molar-refractivity contribution in [3.63, 3.8) is 0 Å². The van der Waals surface area contributed by atoms with Gasteiger partial charge in [-0.3, -0.25) is 20.2 Å². The number of methoxy groups -OCH3 is 1. The lowest BCUT2D eigenvalue weighted by atomic mass is 10.0. The van der Waals surface area contributed by atoms with Gasteiger partial charge < -0.3 is 14.8 Å². The molecule has 2 rings (SSSR count). The highest BCUT2D eigenvalue weighted by atomic mass is 16.6. The van der Waals surface area contributed by atoms with E-state index in [1.54, 1.807) is 24.3 Å². The number of hydrogen-bond acceptors (Lipinski definition) is 6. The molecule has 2 N–H and O–H groups in total. The SMILES string of the molecule is COc1ccc(-c2cc([N+](=O)[O-])ccc2OCC(=O)NC(=O)NCCC(C)C)cc1. The Balaban J connectivity index is 2.08. The summed E-state index contributed by atoms with van der Waals surface area (Å²) in [4.78, 5) is 34.4. The average Bonchev–Trinajstić information content (AvgIpc) is 2.71. The van der Waals surface area contributed by atoms with Crippen LogP contribution in [0.4, 0.5) is 10.5 Å². The summed E-state index contributed by atoms with van der Waals surface area (Å²) >= 11 is 0. The quantitative estimate of drug-likeness (QED) is 0.478. The number of nitro groups is 1. The minimum atomic E-state index is -0.629. The highest BCUT2D eigenvalue weighted by molar-refractivity contribution is 5.95. The Morgan fingerprint density at radius 3 is 2.43 bits per heavy atom. The number of benzene rings is 2. The Labute approximate surface area is 174 Å². The third kappa shape index (κ3) is 6.77. The summed E-state index contributed by atoms with van der Waals surface area (Å²) in [5.41, 5.74) is 0.990. The van der Waals surface area contributed by atoms with Gasteiger partial charge in [0.1, 0.15) is 11.5 Å². The molecule has 0 radical (unpaired) electrons. The molecule has 0 heterocycles. The van der Waals surface area contributed by atoms with E-state index < -0.39 is 23.5 Å². The minimum absolute atomic E-state index is 0.109. The maximum absolute atomic E-state index is 12.0. The van der Waals surface area contributed by atoms with E-state index in [0.29, 0.717) is 29.3 Å². The van der Waals surface area contributed by atoms with Gasteiger partial charge in [-0.25, -0.2) is 4.79 Å². The molecule has 9 nitrogen and oxygen atoms in total. The molecule has 2 aromatic rings. The van der Waals surface area contributed by atoms with Crippen LogP contribution in [0.1, 0.15) is 20.3 Å². The van der Waals surface area contributed by atoms with Gasteiger partial charge in [0.2, 0.25) is 0 Å². The molecule has 0 aromatic heterocycles. The van der Waals surface area contributed by atoms with E-state index in [1.807, 2.05) is 13.8 Å². The Morgan fingerprint density at radius 1 is 1.13 bits per heavy atom. The van der Waals surface area contributed by atoms with Crippen molar-refractivity contribution in [3.05, 3.63) is 52.6 Å². The molecule has 9 heteroatoms. The zero-order valence-electron chi connectivity index (χ0n) is 17.1. The van der Waals surface area contributed by atoms with Crippen LogP contribution in [0, 0.1) is 16.0 Å². The van der Waals surface area contributed by atoms with Crippen LogP contribution in [0.2, 0.25) is 0 Å². The molecule has 0 spiro atoms. The van der Waals surface area contributed by atoms with Crippen LogP contribution in [-0.2, 0) is 4.79 Å². The number of nitrogens with one attached hydrogen (secondary N) is 2. The topological polar surface area (TPSA) is 120 Å². The summed E-state index contributed by atoms with van der Waals surface area (Å²) in [5, 5.41) is 15.9. The number of ether oxygens (including phenoxy) is 2. The largest absolute Gasteiger partial charge is 0.497 e. The molecule has 0 aliphatic heterocycles. The van der Waals surface area contributed by atoms with E-state index in [4.69, 9.17) is 9.47 Å². The standard InChI is InChI=1S/C21H25N3O6/c1-14(2)10-11-22-21(26)23-20(25)13-30-19-9-6-16(24(27)28)12-18(19)15-4-7-17(29-3)8-5-15/h4-9,12,14H,10-11,13H2,1-3H3,(H2,22,23,25,26). The normalized spacial score (nSPS) is 10.4. The fourth-order valence-electron chi connectivity index (χ4n) is 2.58. The van der Waals surface area contributed by atoms with Gasteiger partial charge >= 0.3 is 6.03 Å². The molecule has 0 unspecified atom stereocenters. The molecule has 160 valence electrons. The number of non-ortho nitro benzene ring substituents is 1. The van der Waals surface area contributed by atoms with Crippen LogP contribution >= 0.6 is 0 Å². The molecular weight excluding hydrogens is 390 g/mol. The van der Waals surface area contributed by atoms with Crippen molar-refractivity contribution < 1.29 is 24.0 Å². The number of hydrogen-bond donors (Lipinski definition) is 2. The van der Waals surface area contributed by atoms with Crippen molar-refractivity contribution in [2.75, 3.05) is 20.3 Å². The van der Waals surface area contributed by atoms with E-state index in [9.17, 15) is 19.7 Å². The van der Waals surface area contributed by atoms with Gasteiger partial charge in [0, 0.05) is 24.2 Å². The summed E-state index contributed by atoms with van der Waals surface area (Å²) in [7, 11) is 1.54. The molecule has 0 aliphatic rings. The molecular formula is C21H25N3O6. The highest BCUT2D eigenvalue weighted by Crippen LogP contribution is 2.34. The second-order valence-corrected chi connectivity index (χ2v) is 6.94. The van der Waals surface area contributed by atoms with Gasteiger partial charge in [0.25, 0.3) is 11.6 Å². The van der Waals surface area contributed by atoms with Crippen molar-refractivity contribution in [1.29, 1.82) is 0 Å². The Morgan fingerprint density at radius 2 is 1.83 bits per heavy atom. The maximum Gasteiger partial charge on any atom is 0.321 e. The van der Waals surface area contributed by atoms with Gasteiger partial charge in [-0.2, -0.15) is 0 Å². The highest BCUT2D eigenvalue weighted by Gasteiger charge is 2.15. The van der Waals surface area contributed by atoms with E-state index >= 15 is 0 Å². The minimum Gasteiger partial charge on any atom is -0.497 e. The molecule has 0 saturated carbocycles. The lowest BCUT2D eigenvalue weighted by molar-refractivity contribution is -0.384. The molecule has 0 bridgehead atoms. The number of carbonyl (C=O) groups excluding carboxylic acids is 2. The van der Waals surface area contributed by atoms with Crippen molar-refractivity contribution in [1.82, 2.24) is 10.6 Å². The van der Waals surface area contributed by atoms with Crippen LogP contribution < -0.4 is 20.1 Å². The Hall–Kier alpha value is -3.62. The number of imide groups is 1. The Kier molecular flexibility index (Phi) is 8.16. The zero-order valence-corrected chi connectivity index (χ0v) is 17.1. The van der Waals surface area contributed by atoms with Crippen molar-refractivity contribution in [2.45, 2.75) is 20.3 Å². The van der Waals surface area contributed by atoms with E-state index in [2.05, 4.69) is 10.6 Å².